The number of carbonyl (C=O) groups excluding carboxylic acids is 5. The summed E-state index contributed by atoms with van der Waals surface area (Å²) in [6, 6.07) is 7.59. The standard InChI is InChI=1S/C29H27N3O9/c1-4-10-39-28(37)32-19-12-31-21-20(18(13-40-27(30)36)29(31,38-3)26(19)32)24(35)25-17(23(21)34)11-16(14(2)41-25)22(33)15-8-6-5-7-9-15/h4-9,18-19,26H,1,10-13H2,2-3H3,(H2,30,36)/t18-,19+,26+,29-,32?/m1/s1. The lowest BCUT2D eigenvalue weighted by atomic mass is 9.80. The molecule has 2 fully saturated rings. The summed E-state index contributed by atoms with van der Waals surface area (Å²) in [5.74, 6) is -2.33. The highest BCUT2D eigenvalue weighted by Crippen LogP contribution is 2.60. The number of nitrogens with zero attached hydrogens (tertiary/aromatic N) is 2. The van der Waals surface area contributed by atoms with E-state index < -0.39 is 41.4 Å². The van der Waals surface area contributed by atoms with Gasteiger partial charge in [-0.05, 0) is 6.92 Å². The number of methoxy groups -OCH3 is 1. The molecule has 0 bridgehead atoms. The van der Waals surface area contributed by atoms with Gasteiger partial charge in [0, 0.05) is 36.8 Å². The van der Waals surface area contributed by atoms with Gasteiger partial charge in [0.25, 0.3) is 0 Å². The van der Waals surface area contributed by atoms with Crippen LogP contribution in [-0.4, -0.2) is 84.0 Å². The molecule has 1 aromatic carbocycles. The van der Waals surface area contributed by atoms with E-state index in [4.69, 9.17) is 24.7 Å². The van der Waals surface area contributed by atoms with E-state index in [2.05, 4.69) is 6.58 Å². The van der Waals surface area contributed by atoms with Crippen molar-refractivity contribution < 1.29 is 42.9 Å². The molecule has 0 spiro atoms. The maximum absolute atomic E-state index is 14.1. The fourth-order valence-electron chi connectivity index (χ4n) is 6.61. The summed E-state index contributed by atoms with van der Waals surface area (Å²) in [5, 5.41) is 0. The quantitative estimate of drug-likeness (QED) is 0.226. The minimum atomic E-state index is -1.41. The number of hydrogen-bond acceptors (Lipinski definition) is 10. The molecule has 2 saturated heterocycles. The fraction of sp³-hybridized carbons (Fsp3) is 0.345. The van der Waals surface area contributed by atoms with E-state index >= 15 is 0 Å². The largest absolute Gasteiger partial charge is 0.457 e. The van der Waals surface area contributed by atoms with Crippen LogP contribution in [0.4, 0.5) is 9.59 Å². The number of nitrogens with two attached hydrogens (primary N) is 1. The smallest absolute Gasteiger partial charge is 0.410 e. The van der Waals surface area contributed by atoms with Crippen LogP contribution in [0.15, 0.2) is 76.9 Å². The van der Waals surface area contributed by atoms with Crippen LogP contribution in [0.3, 0.4) is 0 Å². The predicted octanol–water partition coefficient (Wildman–Crippen LogP) is 1.98. The van der Waals surface area contributed by atoms with Crippen LogP contribution < -0.4 is 5.73 Å². The summed E-state index contributed by atoms with van der Waals surface area (Å²) >= 11 is 0. The van der Waals surface area contributed by atoms with Crippen molar-refractivity contribution >= 4 is 29.5 Å². The van der Waals surface area contributed by atoms with Gasteiger partial charge in [0.05, 0.1) is 23.2 Å². The summed E-state index contributed by atoms with van der Waals surface area (Å²) in [6.45, 7) is 4.91. The Morgan fingerprint density at radius 3 is 2.56 bits per heavy atom. The summed E-state index contributed by atoms with van der Waals surface area (Å²) in [7, 11) is 1.40. The Balaban J connectivity index is 1.37. The van der Waals surface area contributed by atoms with Crippen molar-refractivity contribution in [1.82, 2.24) is 9.80 Å². The number of carbonyl (C=O) groups is 5. The summed E-state index contributed by atoms with van der Waals surface area (Å²) in [5.41, 5.74) is 4.73. The van der Waals surface area contributed by atoms with E-state index in [1.54, 1.807) is 42.2 Å². The van der Waals surface area contributed by atoms with Gasteiger partial charge in [-0.3, -0.25) is 19.3 Å². The first-order valence-electron chi connectivity index (χ1n) is 13.0. The van der Waals surface area contributed by atoms with Crippen LogP contribution in [0.1, 0.15) is 23.7 Å². The molecule has 212 valence electrons. The van der Waals surface area contributed by atoms with Crippen LogP contribution >= 0.6 is 0 Å². The summed E-state index contributed by atoms with van der Waals surface area (Å²) in [6.07, 6.45) is -0.331. The van der Waals surface area contributed by atoms with Gasteiger partial charge in [-0.15, -0.1) is 0 Å². The van der Waals surface area contributed by atoms with Gasteiger partial charge in [0.15, 0.2) is 17.3 Å². The van der Waals surface area contributed by atoms with Crippen LogP contribution in [0.2, 0.25) is 0 Å². The van der Waals surface area contributed by atoms with Crippen LogP contribution in [0.25, 0.3) is 0 Å². The van der Waals surface area contributed by atoms with E-state index in [1.165, 1.54) is 18.1 Å². The van der Waals surface area contributed by atoms with Crippen LogP contribution in [0, 0.1) is 5.92 Å². The molecule has 2 N–H and O–H groups in total. The van der Waals surface area contributed by atoms with E-state index in [1.807, 2.05) is 0 Å². The van der Waals surface area contributed by atoms with E-state index in [9.17, 15) is 24.0 Å². The molecule has 0 radical (unpaired) electrons. The maximum Gasteiger partial charge on any atom is 0.410 e. The number of piperazine rings is 1. The number of benzene rings is 1. The molecular weight excluding hydrogens is 534 g/mol. The first-order chi connectivity index (χ1) is 19.7. The number of ketones is 3. The number of hydrogen-bond donors (Lipinski definition) is 1. The third-order valence-corrected chi connectivity index (χ3v) is 8.33. The first-order valence-corrected chi connectivity index (χ1v) is 13.0. The fourth-order valence-corrected chi connectivity index (χ4v) is 6.61. The zero-order valence-corrected chi connectivity index (χ0v) is 22.4. The van der Waals surface area contributed by atoms with Gasteiger partial charge in [-0.2, -0.15) is 0 Å². The summed E-state index contributed by atoms with van der Waals surface area (Å²) in [4.78, 5) is 69.0. The van der Waals surface area contributed by atoms with Crippen molar-refractivity contribution in [2.24, 2.45) is 11.7 Å². The third kappa shape index (κ3) is 3.67. The molecule has 2 amide bonds. The van der Waals surface area contributed by atoms with Gasteiger partial charge < -0.3 is 29.6 Å². The number of Topliss-reactive ketones (excluding diaryl/α,β-unsaturated/α-hetero) is 3. The molecule has 4 heterocycles. The highest BCUT2D eigenvalue weighted by Gasteiger charge is 2.78. The molecule has 1 aromatic rings. The van der Waals surface area contributed by atoms with Crippen molar-refractivity contribution in [3.05, 3.63) is 82.5 Å². The number of fused-ring (bicyclic) bond motifs is 4. The molecule has 0 aromatic heterocycles. The lowest BCUT2D eigenvalue weighted by Crippen LogP contribution is -2.56. The second-order valence-corrected chi connectivity index (χ2v) is 10.3. The van der Waals surface area contributed by atoms with Gasteiger partial charge in [0.1, 0.15) is 25.0 Å². The molecule has 41 heavy (non-hydrogen) atoms. The second kappa shape index (κ2) is 9.44. The highest BCUT2D eigenvalue weighted by molar-refractivity contribution is 6.26. The van der Waals surface area contributed by atoms with Crippen molar-refractivity contribution in [2.45, 2.75) is 31.2 Å². The van der Waals surface area contributed by atoms with E-state index in [-0.39, 0.29) is 71.9 Å². The molecule has 5 aliphatic rings. The first kappa shape index (κ1) is 26.5. The molecule has 1 aliphatic carbocycles. The molecule has 0 saturated carbocycles. The van der Waals surface area contributed by atoms with Crippen LogP contribution in [0.5, 0.6) is 0 Å². The Bertz CT molecular complexity index is 1520. The molecule has 0 unspecified atom stereocenters. The number of ether oxygens (including phenoxy) is 4. The Hall–Kier alpha value is -4.71. The molecule has 4 atom stereocenters. The zero-order chi connectivity index (χ0) is 29.2. The predicted molar refractivity (Wildman–Crippen MR) is 140 cm³/mol. The van der Waals surface area contributed by atoms with E-state index in [0.717, 1.165) is 0 Å². The van der Waals surface area contributed by atoms with Crippen molar-refractivity contribution in [3.8, 4) is 0 Å². The van der Waals surface area contributed by atoms with Gasteiger partial charge >= 0.3 is 12.2 Å². The molecule has 6 rings (SSSR count). The lowest BCUT2D eigenvalue weighted by Gasteiger charge is -2.40. The normalized spacial score (nSPS) is 27.6. The number of amides is 2. The molecule has 12 heteroatoms. The third-order valence-electron chi connectivity index (χ3n) is 8.33. The molecule has 12 nitrogen and oxygen atoms in total. The number of primary amides is 1. The average molecular weight is 562 g/mol. The van der Waals surface area contributed by atoms with Gasteiger partial charge in [0.2, 0.25) is 11.6 Å². The van der Waals surface area contributed by atoms with Crippen molar-refractivity contribution in [1.29, 1.82) is 0 Å². The Morgan fingerprint density at radius 1 is 1.17 bits per heavy atom. The van der Waals surface area contributed by atoms with Crippen molar-refractivity contribution in [2.75, 3.05) is 26.9 Å². The minimum Gasteiger partial charge on any atom is -0.457 e. The highest BCUT2D eigenvalue weighted by atomic mass is 16.6. The number of rotatable bonds is 7. The van der Waals surface area contributed by atoms with Crippen molar-refractivity contribution in [3.63, 3.8) is 0 Å². The maximum atomic E-state index is 14.1. The molecular formula is C29H27N3O9. The minimum absolute atomic E-state index is 0.00275. The second-order valence-electron chi connectivity index (χ2n) is 10.3. The van der Waals surface area contributed by atoms with Crippen LogP contribution in [-0.2, 0) is 28.5 Å². The van der Waals surface area contributed by atoms with E-state index in [0.29, 0.717) is 5.56 Å². The topological polar surface area (TPSA) is 155 Å². The van der Waals surface area contributed by atoms with Gasteiger partial charge in [-0.25, -0.2) is 9.59 Å². The Kier molecular flexibility index (Phi) is 6.11. The average Bonchev–Trinajstić information content (AvgIpc) is 3.48. The number of allylic oxidation sites excluding steroid dienone is 4. The van der Waals surface area contributed by atoms with Gasteiger partial charge in [-0.1, -0.05) is 43.0 Å². The monoisotopic (exact) mass is 561 g/mol. The zero-order valence-electron chi connectivity index (χ0n) is 22.4. The molecule has 4 aliphatic heterocycles. The SMILES string of the molecule is C=CCOC(=O)N1[C@H]2[C@@H]1CN1C3=C(C(=O)C4=C(CC(C(=O)c5ccccc5)=C(C)O4)C3=O)[C@@H](COC(N)=O)[C@@]21OC. The lowest BCUT2D eigenvalue weighted by molar-refractivity contribution is -0.144. The summed E-state index contributed by atoms with van der Waals surface area (Å²) < 4.78 is 22.3. The Morgan fingerprint density at radius 2 is 1.90 bits per heavy atom. The Labute approximate surface area is 234 Å².